The van der Waals surface area contributed by atoms with E-state index in [0.29, 0.717) is 18.1 Å². The Balaban J connectivity index is 1.91. The molecule has 6 nitrogen and oxygen atoms in total. The third kappa shape index (κ3) is 2.22. The van der Waals surface area contributed by atoms with Gasteiger partial charge in [-0.3, -0.25) is 0 Å². The molecule has 0 amide bonds. The fourth-order valence-electron chi connectivity index (χ4n) is 1.80. The van der Waals surface area contributed by atoms with E-state index >= 15 is 0 Å². The highest BCUT2D eigenvalue weighted by Crippen LogP contribution is 2.21. The second-order valence-corrected chi connectivity index (χ2v) is 5.04. The van der Waals surface area contributed by atoms with Gasteiger partial charge in [0.25, 0.3) is 0 Å². The van der Waals surface area contributed by atoms with Crippen LogP contribution in [0, 0.1) is 0 Å². The van der Waals surface area contributed by atoms with E-state index in [9.17, 15) is 0 Å². The molecule has 0 aliphatic rings. The molecule has 0 fully saturated rings. The van der Waals surface area contributed by atoms with Crippen LogP contribution < -0.4 is 5.73 Å². The van der Waals surface area contributed by atoms with E-state index < -0.39 is 5.54 Å². The van der Waals surface area contributed by atoms with Gasteiger partial charge in [0.2, 0.25) is 5.89 Å². The van der Waals surface area contributed by atoms with Crippen LogP contribution in [0.5, 0.6) is 0 Å². The van der Waals surface area contributed by atoms with Gasteiger partial charge in [-0.25, -0.2) is 0 Å². The average Bonchev–Trinajstić information content (AvgIpc) is 2.97. The van der Waals surface area contributed by atoms with E-state index in [1.807, 2.05) is 38.1 Å². The van der Waals surface area contributed by atoms with E-state index in [1.165, 1.54) is 0 Å². The zero-order valence-corrected chi connectivity index (χ0v) is 10.8. The molecule has 0 aliphatic heterocycles. The molecule has 0 aliphatic carbocycles. The molecule has 0 radical (unpaired) electrons. The van der Waals surface area contributed by atoms with Crippen molar-refractivity contribution in [3.63, 3.8) is 0 Å². The molecule has 3 aromatic rings. The molecule has 3 rings (SSSR count). The minimum Gasteiger partial charge on any atom is -0.356 e. The quantitative estimate of drug-likeness (QED) is 0.772. The Kier molecular flexibility index (Phi) is 2.60. The molecule has 2 N–H and O–H groups in total. The number of fused-ring (bicyclic) bond motifs is 1. The Morgan fingerprint density at radius 2 is 1.95 bits per heavy atom. The van der Waals surface area contributed by atoms with Crippen LogP contribution >= 0.6 is 0 Å². The van der Waals surface area contributed by atoms with Crippen molar-refractivity contribution in [2.75, 3.05) is 0 Å². The van der Waals surface area contributed by atoms with Gasteiger partial charge in [0, 0.05) is 5.39 Å². The van der Waals surface area contributed by atoms with Gasteiger partial charge in [-0.05, 0) is 26.0 Å². The maximum atomic E-state index is 5.91. The number of nitrogens with two attached hydrogens (primary N) is 1. The summed E-state index contributed by atoms with van der Waals surface area (Å²) in [5.74, 6) is 0.961. The first-order valence-corrected chi connectivity index (χ1v) is 5.99. The molecule has 2 heterocycles. The summed E-state index contributed by atoms with van der Waals surface area (Å²) in [5.41, 5.74) is 6.82. The lowest BCUT2D eigenvalue weighted by atomic mass is 10.1. The maximum absolute atomic E-state index is 5.91. The zero-order valence-electron chi connectivity index (χ0n) is 10.8. The lowest BCUT2D eigenvalue weighted by Gasteiger charge is -2.11. The van der Waals surface area contributed by atoms with Crippen molar-refractivity contribution in [1.82, 2.24) is 15.3 Å². The molecule has 98 valence electrons. The number of nitrogens with zero attached hydrogens (tertiary/aromatic N) is 3. The van der Waals surface area contributed by atoms with E-state index in [4.69, 9.17) is 14.8 Å². The minimum absolute atomic E-state index is 0.431. The Morgan fingerprint density at radius 1 is 1.16 bits per heavy atom. The lowest BCUT2D eigenvalue weighted by Crippen LogP contribution is -2.30. The summed E-state index contributed by atoms with van der Waals surface area (Å²) in [6, 6.07) is 7.66. The summed E-state index contributed by atoms with van der Waals surface area (Å²) in [7, 11) is 0. The first-order chi connectivity index (χ1) is 9.04. The Morgan fingerprint density at radius 3 is 2.68 bits per heavy atom. The van der Waals surface area contributed by atoms with Crippen LogP contribution in [0.4, 0.5) is 0 Å². The Bertz CT molecular complexity index is 709. The molecule has 0 saturated heterocycles. The van der Waals surface area contributed by atoms with Gasteiger partial charge in [0.15, 0.2) is 11.4 Å². The fourth-order valence-corrected chi connectivity index (χ4v) is 1.80. The summed E-state index contributed by atoms with van der Waals surface area (Å²) in [5, 5.41) is 8.86. The number of rotatable bonds is 3. The van der Waals surface area contributed by atoms with Gasteiger partial charge in [-0.15, -0.1) is 0 Å². The predicted molar refractivity (Wildman–Crippen MR) is 68.3 cm³/mol. The third-order valence-electron chi connectivity index (χ3n) is 2.82. The van der Waals surface area contributed by atoms with Crippen LogP contribution in [0.25, 0.3) is 11.0 Å². The summed E-state index contributed by atoms with van der Waals surface area (Å²) < 4.78 is 10.4. The van der Waals surface area contributed by atoms with Crippen molar-refractivity contribution in [3.05, 3.63) is 41.7 Å². The highest BCUT2D eigenvalue weighted by molar-refractivity contribution is 5.79. The number of para-hydroxylation sites is 1. The van der Waals surface area contributed by atoms with Gasteiger partial charge in [-0.1, -0.05) is 22.4 Å². The summed E-state index contributed by atoms with van der Waals surface area (Å²) in [6.45, 7) is 3.65. The minimum atomic E-state index is -0.617. The number of aromatic nitrogens is 3. The van der Waals surface area contributed by atoms with Gasteiger partial charge in [0.05, 0.1) is 12.0 Å². The van der Waals surface area contributed by atoms with Crippen LogP contribution in [0.2, 0.25) is 0 Å². The smallest absolute Gasteiger partial charge is 0.232 e. The van der Waals surface area contributed by atoms with E-state index in [1.54, 1.807) is 0 Å². The van der Waals surface area contributed by atoms with Crippen molar-refractivity contribution in [3.8, 4) is 0 Å². The molecule has 0 bridgehead atoms. The second-order valence-electron chi connectivity index (χ2n) is 5.04. The van der Waals surface area contributed by atoms with Crippen molar-refractivity contribution < 1.29 is 9.05 Å². The molecule has 0 saturated carbocycles. The molecular weight excluding hydrogens is 244 g/mol. The molecule has 0 unspecified atom stereocenters. The SMILES string of the molecule is CC(C)(N)c1noc(Cc2noc3ccccc23)n1. The average molecular weight is 258 g/mol. The largest absolute Gasteiger partial charge is 0.356 e. The second kappa shape index (κ2) is 4.17. The molecule has 6 heteroatoms. The summed E-state index contributed by atoms with van der Waals surface area (Å²) in [6.07, 6.45) is 0.431. The first-order valence-electron chi connectivity index (χ1n) is 5.99. The van der Waals surface area contributed by atoms with Crippen LogP contribution in [-0.2, 0) is 12.0 Å². The van der Waals surface area contributed by atoms with Crippen molar-refractivity contribution >= 4 is 11.0 Å². The number of benzene rings is 1. The number of hydrogen-bond donors (Lipinski definition) is 1. The van der Waals surface area contributed by atoms with E-state index in [0.717, 1.165) is 16.7 Å². The summed E-state index contributed by atoms with van der Waals surface area (Å²) in [4.78, 5) is 4.28. The van der Waals surface area contributed by atoms with E-state index in [-0.39, 0.29) is 0 Å². The molecular formula is C13H14N4O2. The molecule has 2 aromatic heterocycles. The fraction of sp³-hybridized carbons (Fsp3) is 0.308. The van der Waals surface area contributed by atoms with Crippen molar-refractivity contribution in [1.29, 1.82) is 0 Å². The van der Waals surface area contributed by atoms with Gasteiger partial charge in [0.1, 0.15) is 5.69 Å². The zero-order chi connectivity index (χ0) is 13.5. The first kappa shape index (κ1) is 11.9. The maximum Gasteiger partial charge on any atom is 0.232 e. The topological polar surface area (TPSA) is 91.0 Å². The van der Waals surface area contributed by atoms with Gasteiger partial charge < -0.3 is 14.8 Å². The molecule has 0 atom stereocenters. The van der Waals surface area contributed by atoms with Crippen molar-refractivity contribution in [2.45, 2.75) is 25.8 Å². The van der Waals surface area contributed by atoms with Gasteiger partial charge in [-0.2, -0.15) is 4.98 Å². The Hall–Kier alpha value is -2.21. The molecule has 1 aromatic carbocycles. The van der Waals surface area contributed by atoms with Crippen LogP contribution in [0.15, 0.2) is 33.3 Å². The van der Waals surface area contributed by atoms with Crippen LogP contribution in [0.3, 0.4) is 0 Å². The van der Waals surface area contributed by atoms with Crippen LogP contribution in [0.1, 0.15) is 31.3 Å². The predicted octanol–water partition coefficient (Wildman–Crippen LogP) is 2.00. The van der Waals surface area contributed by atoms with E-state index in [2.05, 4.69) is 15.3 Å². The van der Waals surface area contributed by atoms with Crippen molar-refractivity contribution in [2.24, 2.45) is 5.73 Å². The monoisotopic (exact) mass is 258 g/mol. The molecule has 0 spiro atoms. The summed E-state index contributed by atoms with van der Waals surface area (Å²) >= 11 is 0. The number of hydrogen-bond acceptors (Lipinski definition) is 6. The highest BCUT2D eigenvalue weighted by atomic mass is 16.5. The van der Waals surface area contributed by atoms with Crippen LogP contribution in [-0.4, -0.2) is 15.3 Å². The highest BCUT2D eigenvalue weighted by Gasteiger charge is 2.22. The normalized spacial score (nSPS) is 12.2. The lowest BCUT2D eigenvalue weighted by molar-refractivity contribution is 0.362. The standard InChI is InChI=1S/C13H14N4O2/c1-13(2,14)12-15-11(19-17-12)7-9-8-5-3-4-6-10(8)18-16-9/h3-6H,7,14H2,1-2H3. The van der Waals surface area contributed by atoms with Gasteiger partial charge >= 0.3 is 0 Å². The molecule has 19 heavy (non-hydrogen) atoms. The Labute approximate surface area is 109 Å². The third-order valence-corrected chi connectivity index (χ3v) is 2.82.